The number of anilines is 1. The zero-order chi connectivity index (χ0) is 46.2. The van der Waals surface area contributed by atoms with E-state index in [0.717, 1.165) is 23.6 Å². The molecule has 4 aromatic carbocycles. The molecule has 0 aliphatic carbocycles. The van der Waals surface area contributed by atoms with Gasteiger partial charge in [0.1, 0.15) is 10.6 Å². The van der Waals surface area contributed by atoms with Gasteiger partial charge in [-0.3, -0.25) is 14.5 Å². The number of urea groups is 1. The molecule has 0 spiro atoms. The summed E-state index contributed by atoms with van der Waals surface area (Å²) in [6, 6.07) is 25.2. The van der Waals surface area contributed by atoms with Gasteiger partial charge in [-0.1, -0.05) is 150 Å². The maximum absolute atomic E-state index is 15.1. The maximum atomic E-state index is 15.1. The lowest BCUT2D eigenvalue weighted by atomic mass is 10.1. The molecule has 1 saturated heterocycles. The molecule has 15 heteroatoms. The number of imide groups is 1. The zero-order valence-electron chi connectivity index (χ0n) is 37.7. The molecule has 4 amide bonds. The number of benzene rings is 4. The van der Waals surface area contributed by atoms with Crippen molar-refractivity contribution in [3.63, 3.8) is 0 Å². The molecule has 0 aromatic heterocycles. The number of amides is 4. The third-order valence-electron chi connectivity index (χ3n) is 11.5. The van der Waals surface area contributed by atoms with Crippen molar-refractivity contribution in [1.29, 1.82) is 0 Å². The standard InChI is InChI=1S/C50H61N5O9S/c1-4-6-7-8-9-10-11-12-13-14-15-24-33-64-49(58)39-31-32-42(62-3)41(34-39)52-46(56)44(55-47(57)48(63-5-2)53(50(55)59)35-37-25-18-16-19-26-37)45-51-40-29-22-23-30-43(40)65(60,61)54(45)36-38-27-20-17-21-28-38/h16-23,25-32,34,44,48H,4-15,24,33,35-36H2,1-3H3,(H,52,56). The third-order valence-corrected chi connectivity index (χ3v) is 13.3. The lowest BCUT2D eigenvalue weighted by molar-refractivity contribution is -0.144. The number of carbonyl (C=O) groups excluding carboxylic acids is 4. The van der Waals surface area contributed by atoms with Gasteiger partial charge < -0.3 is 19.5 Å². The van der Waals surface area contributed by atoms with Crippen molar-refractivity contribution in [1.82, 2.24) is 14.1 Å². The topological polar surface area (TPSA) is 164 Å². The fraction of sp³-hybridized carbons (Fsp3) is 0.420. The average Bonchev–Trinajstić information content (AvgIpc) is 3.53. The number of amidine groups is 1. The van der Waals surface area contributed by atoms with Crippen LogP contribution in [0.1, 0.15) is 112 Å². The number of fused-ring (bicyclic) bond motifs is 1. The molecule has 14 nitrogen and oxygen atoms in total. The average molecular weight is 908 g/mol. The number of rotatable bonds is 25. The Hall–Kier alpha value is -6.06. The molecular weight excluding hydrogens is 847 g/mol. The van der Waals surface area contributed by atoms with Gasteiger partial charge in [0.15, 0.2) is 11.9 Å². The largest absolute Gasteiger partial charge is 0.495 e. The molecule has 0 bridgehead atoms. The van der Waals surface area contributed by atoms with Crippen molar-refractivity contribution in [3.8, 4) is 5.75 Å². The van der Waals surface area contributed by atoms with Crippen LogP contribution in [0.25, 0.3) is 0 Å². The van der Waals surface area contributed by atoms with E-state index in [9.17, 15) is 22.8 Å². The summed E-state index contributed by atoms with van der Waals surface area (Å²) in [5.41, 5.74) is 1.38. The molecular formula is C50H61N5O9S. The van der Waals surface area contributed by atoms with Crippen LogP contribution in [0.4, 0.5) is 16.2 Å². The van der Waals surface area contributed by atoms with E-state index in [0.29, 0.717) is 22.4 Å². The van der Waals surface area contributed by atoms with Gasteiger partial charge in [-0.15, -0.1) is 0 Å². The van der Waals surface area contributed by atoms with Crippen LogP contribution in [0.2, 0.25) is 0 Å². The minimum absolute atomic E-state index is 0.0122. The van der Waals surface area contributed by atoms with Crippen LogP contribution in [0, 0.1) is 0 Å². The van der Waals surface area contributed by atoms with E-state index in [-0.39, 0.29) is 53.9 Å². The van der Waals surface area contributed by atoms with Crippen LogP contribution in [-0.2, 0) is 42.2 Å². The van der Waals surface area contributed by atoms with E-state index in [4.69, 9.17) is 19.2 Å². The number of sulfonamides is 1. The Morgan fingerprint density at radius 3 is 1.94 bits per heavy atom. The Bertz CT molecular complexity index is 2380. The van der Waals surface area contributed by atoms with Gasteiger partial charge in [0, 0.05) is 6.61 Å². The zero-order valence-corrected chi connectivity index (χ0v) is 38.5. The Morgan fingerprint density at radius 1 is 0.738 bits per heavy atom. The summed E-state index contributed by atoms with van der Waals surface area (Å²) in [7, 11) is -3.06. The lowest BCUT2D eigenvalue weighted by Gasteiger charge is -2.35. The predicted molar refractivity (Wildman–Crippen MR) is 249 cm³/mol. The van der Waals surface area contributed by atoms with Crippen LogP contribution < -0.4 is 10.1 Å². The SMILES string of the molecule is CCCCCCCCCCCCCCOC(=O)c1ccc(OC)c(NC(=O)C(C2=Nc3ccccc3S(=O)(=O)N2Cc2ccccc2)N2C(=O)C(OCC)N(Cc3ccccc3)C2=O)c1. The molecule has 1 N–H and O–H groups in total. The summed E-state index contributed by atoms with van der Waals surface area (Å²) in [4.78, 5) is 64.3. The van der Waals surface area contributed by atoms with E-state index >= 15 is 4.79 Å². The number of nitrogens with zero attached hydrogens (tertiary/aromatic N) is 4. The fourth-order valence-electron chi connectivity index (χ4n) is 8.05. The summed E-state index contributed by atoms with van der Waals surface area (Å²) in [6.45, 7) is 3.82. The van der Waals surface area contributed by atoms with Gasteiger partial charge in [0.25, 0.3) is 21.8 Å². The summed E-state index contributed by atoms with van der Waals surface area (Å²) in [5, 5.41) is 2.76. The quantitative estimate of drug-likeness (QED) is 0.0387. The predicted octanol–water partition coefficient (Wildman–Crippen LogP) is 9.62. The summed E-state index contributed by atoms with van der Waals surface area (Å²) in [6.07, 6.45) is 12.6. The van der Waals surface area contributed by atoms with Crippen LogP contribution in [0.5, 0.6) is 5.75 Å². The molecule has 4 aromatic rings. The third kappa shape index (κ3) is 12.2. The van der Waals surface area contributed by atoms with Crippen molar-refractivity contribution in [2.75, 3.05) is 25.6 Å². The molecule has 0 saturated carbocycles. The van der Waals surface area contributed by atoms with E-state index in [2.05, 4.69) is 12.2 Å². The normalized spacial score (nSPS) is 16.0. The second kappa shape index (κ2) is 23.7. The summed E-state index contributed by atoms with van der Waals surface area (Å²) >= 11 is 0. The van der Waals surface area contributed by atoms with Crippen molar-refractivity contribution >= 4 is 51.0 Å². The van der Waals surface area contributed by atoms with Gasteiger partial charge in [0.05, 0.1) is 43.7 Å². The van der Waals surface area contributed by atoms with Crippen LogP contribution >= 0.6 is 0 Å². The highest BCUT2D eigenvalue weighted by Crippen LogP contribution is 2.37. The molecule has 65 heavy (non-hydrogen) atoms. The van der Waals surface area contributed by atoms with Crippen molar-refractivity contribution in [2.24, 2.45) is 4.99 Å². The highest BCUT2D eigenvalue weighted by Gasteiger charge is 2.54. The number of unbranched alkanes of at least 4 members (excludes halogenated alkanes) is 11. The van der Waals surface area contributed by atoms with Crippen LogP contribution in [-0.4, -0.2) is 84.8 Å². The van der Waals surface area contributed by atoms with Gasteiger partial charge in [-0.05, 0) is 54.8 Å². The van der Waals surface area contributed by atoms with Crippen molar-refractivity contribution < 1.29 is 41.8 Å². The molecule has 2 aliphatic rings. The number of carbonyl (C=O) groups is 4. The molecule has 2 atom stereocenters. The second-order valence-electron chi connectivity index (χ2n) is 16.2. The molecule has 1 fully saturated rings. The Morgan fingerprint density at radius 2 is 1.32 bits per heavy atom. The number of methoxy groups -OCH3 is 1. The Kier molecular flexibility index (Phi) is 17.7. The number of nitrogens with one attached hydrogen (secondary N) is 1. The van der Waals surface area contributed by atoms with Crippen LogP contribution in [0.15, 0.2) is 113 Å². The second-order valence-corrected chi connectivity index (χ2v) is 18.0. The first-order chi connectivity index (χ1) is 31.6. The number of hydrogen-bond acceptors (Lipinski definition) is 10. The van der Waals surface area contributed by atoms with Gasteiger partial charge in [-0.2, -0.15) is 0 Å². The Balaban J connectivity index is 1.27. The summed E-state index contributed by atoms with van der Waals surface area (Å²) in [5.74, 6) is -2.77. The number of ether oxygens (including phenoxy) is 3. The molecule has 0 radical (unpaired) electrons. The highest BCUT2D eigenvalue weighted by atomic mass is 32.2. The monoisotopic (exact) mass is 907 g/mol. The highest BCUT2D eigenvalue weighted by molar-refractivity contribution is 7.90. The molecule has 6 rings (SSSR count). The minimum Gasteiger partial charge on any atom is -0.495 e. The van der Waals surface area contributed by atoms with Gasteiger partial charge in [0.2, 0.25) is 6.23 Å². The first kappa shape index (κ1) is 48.4. The number of esters is 1. The number of aliphatic imine (C=N–C) groups is 1. The molecule has 2 heterocycles. The number of para-hydroxylation sites is 1. The van der Waals surface area contributed by atoms with Crippen LogP contribution in [0.3, 0.4) is 0 Å². The van der Waals surface area contributed by atoms with E-state index in [1.165, 1.54) is 93.7 Å². The van der Waals surface area contributed by atoms with Crippen molar-refractivity contribution in [2.45, 2.75) is 121 Å². The van der Waals surface area contributed by atoms with Gasteiger partial charge >= 0.3 is 12.0 Å². The maximum Gasteiger partial charge on any atom is 0.338 e. The first-order valence-corrected chi connectivity index (χ1v) is 24.2. The van der Waals surface area contributed by atoms with E-state index in [1.807, 2.05) is 6.07 Å². The fourth-order valence-corrected chi connectivity index (χ4v) is 9.62. The number of hydrogen-bond donors (Lipinski definition) is 1. The Labute approximate surface area is 383 Å². The van der Waals surface area contributed by atoms with E-state index < -0.39 is 51.9 Å². The smallest absolute Gasteiger partial charge is 0.338 e. The molecule has 2 aliphatic heterocycles. The van der Waals surface area contributed by atoms with Gasteiger partial charge in [-0.25, -0.2) is 32.2 Å². The van der Waals surface area contributed by atoms with E-state index in [1.54, 1.807) is 73.7 Å². The summed E-state index contributed by atoms with van der Waals surface area (Å²) < 4.78 is 47.3. The lowest BCUT2D eigenvalue weighted by Crippen LogP contribution is -2.58. The molecule has 2 unspecified atom stereocenters. The first-order valence-electron chi connectivity index (χ1n) is 22.8. The minimum atomic E-state index is -4.44. The van der Waals surface area contributed by atoms with Crippen molar-refractivity contribution in [3.05, 3.63) is 120 Å². The molecule has 346 valence electrons.